The van der Waals surface area contributed by atoms with E-state index in [-0.39, 0.29) is 6.79 Å². The minimum absolute atomic E-state index is 0.218. The number of hydrogen-bond acceptors (Lipinski definition) is 4. The average Bonchev–Trinajstić information content (AvgIpc) is 2.86. The molecule has 0 radical (unpaired) electrons. The van der Waals surface area contributed by atoms with E-state index in [0.717, 1.165) is 16.2 Å². The predicted octanol–water partition coefficient (Wildman–Crippen LogP) is 4.60. The normalized spacial score (nSPS) is 12.7. The van der Waals surface area contributed by atoms with Crippen LogP contribution in [0.4, 0.5) is 5.69 Å². The van der Waals surface area contributed by atoms with Gasteiger partial charge in [0.25, 0.3) is 0 Å². The van der Waals surface area contributed by atoms with E-state index in [2.05, 4.69) is 0 Å². The Balaban J connectivity index is 1.77. The number of anilines is 1. The SMILES string of the molecule is Nc1cc(Cl)ccc1SCc1cc(Cl)c2c(c1)OCO2. The molecule has 6 heteroatoms. The summed E-state index contributed by atoms with van der Waals surface area (Å²) in [7, 11) is 0. The third-order valence-corrected chi connectivity index (χ3v) is 4.53. The van der Waals surface area contributed by atoms with Gasteiger partial charge in [0.1, 0.15) is 0 Å². The van der Waals surface area contributed by atoms with Gasteiger partial charge in [-0.3, -0.25) is 0 Å². The standard InChI is InChI=1S/C14H11Cl2NO2S/c15-9-1-2-13(11(17)5-9)20-6-8-3-10(16)14-12(4-8)18-7-19-14/h1-5H,6-7,17H2. The first-order valence-electron chi connectivity index (χ1n) is 5.89. The molecule has 0 unspecified atom stereocenters. The second-order valence-electron chi connectivity index (χ2n) is 4.28. The zero-order valence-corrected chi connectivity index (χ0v) is 12.7. The van der Waals surface area contributed by atoms with Crippen LogP contribution in [0.2, 0.25) is 10.0 Å². The van der Waals surface area contributed by atoms with Crippen molar-refractivity contribution in [2.75, 3.05) is 12.5 Å². The van der Waals surface area contributed by atoms with E-state index < -0.39 is 0 Å². The molecular weight excluding hydrogens is 317 g/mol. The van der Waals surface area contributed by atoms with Crippen molar-refractivity contribution in [2.24, 2.45) is 0 Å². The molecule has 0 spiro atoms. The molecule has 0 bridgehead atoms. The second kappa shape index (κ2) is 5.64. The Hall–Kier alpha value is -1.23. The molecule has 1 heterocycles. The molecule has 2 N–H and O–H groups in total. The van der Waals surface area contributed by atoms with Gasteiger partial charge in [-0.2, -0.15) is 0 Å². The summed E-state index contributed by atoms with van der Waals surface area (Å²) < 4.78 is 10.6. The third-order valence-electron chi connectivity index (χ3n) is 2.85. The Morgan fingerprint density at radius 1 is 1.15 bits per heavy atom. The molecule has 3 nitrogen and oxygen atoms in total. The molecule has 104 valence electrons. The molecule has 20 heavy (non-hydrogen) atoms. The molecule has 0 aliphatic carbocycles. The molecule has 0 fully saturated rings. The summed E-state index contributed by atoms with van der Waals surface area (Å²) >= 11 is 13.7. The smallest absolute Gasteiger partial charge is 0.231 e. The monoisotopic (exact) mass is 327 g/mol. The zero-order chi connectivity index (χ0) is 14.1. The zero-order valence-electron chi connectivity index (χ0n) is 10.4. The van der Waals surface area contributed by atoms with E-state index in [0.29, 0.717) is 27.2 Å². The topological polar surface area (TPSA) is 44.5 Å². The highest BCUT2D eigenvalue weighted by molar-refractivity contribution is 7.98. The van der Waals surface area contributed by atoms with Gasteiger partial charge in [0.05, 0.1) is 5.02 Å². The van der Waals surface area contributed by atoms with Crippen LogP contribution >= 0.6 is 35.0 Å². The number of ether oxygens (including phenoxy) is 2. The van der Waals surface area contributed by atoms with Crippen molar-refractivity contribution in [1.29, 1.82) is 0 Å². The van der Waals surface area contributed by atoms with Crippen LogP contribution in [-0.2, 0) is 5.75 Å². The largest absolute Gasteiger partial charge is 0.454 e. The molecular formula is C14H11Cl2NO2S. The fraction of sp³-hybridized carbons (Fsp3) is 0.143. The Morgan fingerprint density at radius 3 is 2.80 bits per heavy atom. The molecule has 2 aromatic rings. The Labute approximate surface area is 131 Å². The van der Waals surface area contributed by atoms with E-state index in [1.165, 1.54) is 0 Å². The van der Waals surface area contributed by atoms with Crippen molar-refractivity contribution >= 4 is 40.7 Å². The van der Waals surface area contributed by atoms with Gasteiger partial charge in [-0.05, 0) is 35.9 Å². The van der Waals surface area contributed by atoms with Crippen LogP contribution in [0.1, 0.15) is 5.56 Å². The molecule has 0 amide bonds. The summed E-state index contributed by atoms with van der Waals surface area (Å²) in [4.78, 5) is 0.989. The Kier molecular flexibility index (Phi) is 3.87. The van der Waals surface area contributed by atoms with Gasteiger partial charge in [0.15, 0.2) is 11.5 Å². The fourth-order valence-corrected chi connectivity index (χ4v) is 3.26. The third kappa shape index (κ3) is 2.77. The van der Waals surface area contributed by atoms with Crippen molar-refractivity contribution < 1.29 is 9.47 Å². The van der Waals surface area contributed by atoms with Gasteiger partial charge < -0.3 is 15.2 Å². The first-order valence-corrected chi connectivity index (χ1v) is 7.63. The first-order chi connectivity index (χ1) is 9.63. The number of thioether (sulfide) groups is 1. The lowest BCUT2D eigenvalue weighted by atomic mass is 10.2. The lowest BCUT2D eigenvalue weighted by Crippen LogP contribution is -1.93. The van der Waals surface area contributed by atoms with Gasteiger partial charge >= 0.3 is 0 Å². The number of hydrogen-bond donors (Lipinski definition) is 1. The van der Waals surface area contributed by atoms with Gasteiger partial charge in [0.2, 0.25) is 6.79 Å². The van der Waals surface area contributed by atoms with Gasteiger partial charge in [-0.25, -0.2) is 0 Å². The van der Waals surface area contributed by atoms with E-state index >= 15 is 0 Å². The number of nitrogen functional groups attached to an aromatic ring is 1. The van der Waals surface area contributed by atoms with Crippen LogP contribution in [0.5, 0.6) is 11.5 Å². The van der Waals surface area contributed by atoms with E-state index in [9.17, 15) is 0 Å². The van der Waals surface area contributed by atoms with Crippen molar-refractivity contribution in [2.45, 2.75) is 10.6 Å². The minimum Gasteiger partial charge on any atom is -0.454 e. The maximum absolute atomic E-state index is 6.15. The molecule has 1 aliphatic rings. The lowest BCUT2D eigenvalue weighted by Gasteiger charge is -2.07. The minimum atomic E-state index is 0.218. The number of benzene rings is 2. The molecule has 2 aromatic carbocycles. The first kappa shape index (κ1) is 13.7. The molecule has 0 saturated carbocycles. The van der Waals surface area contributed by atoms with Crippen molar-refractivity contribution in [3.8, 4) is 11.5 Å². The average molecular weight is 328 g/mol. The Bertz CT molecular complexity index is 664. The van der Waals surface area contributed by atoms with Crippen LogP contribution < -0.4 is 15.2 Å². The van der Waals surface area contributed by atoms with Crippen LogP contribution in [0, 0.1) is 0 Å². The lowest BCUT2D eigenvalue weighted by molar-refractivity contribution is 0.174. The summed E-state index contributed by atoms with van der Waals surface area (Å²) in [5.41, 5.74) is 7.66. The van der Waals surface area contributed by atoms with Crippen molar-refractivity contribution in [1.82, 2.24) is 0 Å². The quantitative estimate of drug-likeness (QED) is 0.661. The number of nitrogens with two attached hydrogens (primary N) is 1. The highest BCUT2D eigenvalue weighted by Gasteiger charge is 2.18. The molecule has 1 aliphatic heterocycles. The van der Waals surface area contributed by atoms with E-state index in [1.807, 2.05) is 24.3 Å². The second-order valence-corrected chi connectivity index (χ2v) is 6.14. The van der Waals surface area contributed by atoms with Crippen molar-refractivity contribution in [3.63, 3.8) is 0 Å². The summed E-state index contributed by atoms with van der Waals surface area (Å²) in [5, 5.41) is 1.21. The van der Waals surface area contributed by atoms with Crippen molar-refractivity contribution in [3.05, 3.63) is 45.9 Å². The summed E-state index contributed by atoms with van der Waals surface area (Å²) in [5.74, 6) is 2.05. The highest BCUT2D eigenvalue weighted by Crippen LogP contribution is 2.41. The van der Waals surface area contributed by atoms with E-state index in [1.54, 1.807) is 17.8 Å². The van der Waals surface area contributed by atoms with Crippen LogP contribution in [0.3, 0.4) is 0 Å². The van der Waals surface area contributed by atoms with Crippen LogP contribution in [-0.4, -0.2) is 6.79 Å². The van der Waals surface area contributed by atoms with Crippen LogP contribution in [0.25, 0.3) is 0 Å². The summed E-state index contributed by atoms with van der Waals surface area (Å²) in [6.07, 6.45) is 0. The molecule has 0 atom stereocenters. The maximum atomic E-state index is 6.15. The summed E-state index contributed by atoms with van der Waals surface area (Å²) in [6, 6.07) is 9.31. The number of halogens is 2. The van der Waals surface area contributed by atoms with Crippen LogP contribution in [0.15, 0.2) is 35.2 Å². The molecule has 3 rings (SSSR count). The number of fused-ring (bicyclic) bond motifs is 1. The summed E-state index contributed by atoms with van der Waals surface area (Å²) in [6.45, 7) is 0.218. The van der Waals surface area contributed by atoms with Gasteiger partial charge in [0, 0.05) is 21.4 Å². The fourth-order valence-electron chi connectivity index (χ4n) is 1.92. The molecule has 0 saturated heterocycles. The van der Waals surface area contributed by atoms with Gasteiger partial charge in [-0.15, -0.1) is 11.8 Å². The van der Waals surface area contributed by atoms with E-state index in [4.69, 9.17) is 38.4 Å². The molecule has 0 aromatic heterocycles. The number of rotatable bonds is 3. The van der Waals surface area contributed by atoms with Gasteiger partial charge in [-0.1, -0.05) is 23.2 Å². The highest BCUT2D eigenvalue weighted by atomic mass is 35.5. The Morgan fingerprint density at radius 2 is 2.00 bits per heavy atom. The maximum Gasteiger partial charge on any atom is 0.231 e. The predicted molar refractivity (Wildman–Crippen MR) is 83.0 cm³/mol.